The third-order valence-electron chi connectivity index (χ3n) is 3.21. The van der Waals surface area contributed by atoms with Crippen molar-refractivity contribution in [2.24, 2.45) is 0 Å². The summed E-state index contributed by atoms with van der Waals surface area (Å²) in [6.07, 6.45) is -0.311. The quantitative estimate of drug-likeness (QED) is 0.845. The fourth-order valence-electron chi connectivity index (χ4n) is 2.17. The Morgan fingerprint density at radius 2 is 1.43 bits per heavy atom. The average Bonchev–Trinajstić information content (AvgIpc) is 2.39. The summed E-state index contributed by atoms with van der Waals surface area (Å²) in [6, 6.07) is 3.34. The topological polar surface area (TPSA) is 12.0 Å². The molecule has 1 unspecified atom stereocenters. The SMILES string of the molecule is CNC(Cc1c(F)cccc1F)c1c(F)cc(F)cc1F. The van der Waals surface area contributed by atoms with Crippen molar-refractivity contribution in [1.82, 2.24) is 5.32 Å². The lowest BCUT2D eigenvalue weighted by atomic mass is 9.97. The number of nitrogens with one attached hydrogen (secondary N) is 1. The number of likely N-dealkylation sites (N-methyl/N-ethyl adjacent to an activating group) is 1. The molecule has 0 heterocycles. The standard InChI is InChI=1S/C15H12F5N/c1-21-14(7-9-10(17)3-2-4-11(9)18)15-12(19)5-8(16)6-13(15)20/h2-6,14,21H,7H2,1H3. The van der Waals surface area contributed by atoms with Crippen molar-refractivity contribution in [3.05, 3.63) is 70.5 Å². The Kier molecular flexibility index (Phi) is 4.57. The lowest BCUT2D eigenvalue weighted by Gasteiger charge is -2.19. The summed E-state index contributed by atoms with van der Waals surface area (Å²) in [5.74, 6) is -4.88. The highest BCUT2D eigenvalue weighted by Gasteiger charge is 2.23. The molecule has 2 rings (SSSR count). The van der Waals surface area contributed by atoms with E-state index in [4.69, 9.17) is 0 Å². The first-order valence-corrected chi connectivity index (χ1v) is 6.18. The first-order chi connectivity index (χ1) is 9.93. The highest BCUT2D eigenvalue weighted by atomic mass is 19.2. The van der Waals surface area contributed by atoms with Gasteiger partial charge >= 0.3 is 0 Å². The lowest BCUT2D eigenvalue weighted by Crippen LogP contribution is -2.22. The molecule has 112 valence electrons. The molecule has 0 amide bonds. The van der Waals surface area contributed by atoms with E-state index in [9.17, 15) is 22.0 Å². The van der Waals surface area contributed by atoms with Crippen molar-refractivity contribution in [2.45, 2.75) is 12.5 Å². The molecule has 6 heteroatoms. The smallest absolute Gasteiger partial charge is 0.133 e. The monoisotopic (exact) mass is 301 g/mol. The van der Waals surface area contributed by atoms with Crippen LogP contribution < -0.4 is 5.32 Å². The molecule has 0 fully saturated rings. The molecule has 0 bridgehead atoms. The van der Waals surface area contributed by atoms with Gasteiger partial charge in [-0.1, -0.05) is 6.07 Å². The van der Waals surface area contributed by atoms with Gasteiger partial charge < -0.3 is 5.32 Å². The van der Waals surface area contributed by atoms with Crippen LogP contribution in [0.2, 0.25) is 0 Å². The van der Waals surface area contributed by atoms with Gasteiger partial charge in [0.05, 0.1) is 0 Å². The van der Waals surface area contributed by atoms with Crippen LogP contribution in [-0.2, 0) is 6.42 Å². The van der Waals surface area contributed by atoms with E-state index in [2.05, 4.69) is 5.32 Å². The maximum Gasteiger partial charge on any atom is 0.133 e. The highest BCUT2D eigenvalue weighted by molar-refractivity contribution is 5.28. The summed E-state index contributed by atoms with van der Waals surface area (Å²) in [6.45, 7) is 0. The molecule has 1 nitrogen and oxygen atoms in total. The molecule has 21 heavy (non-hydrogen) atoms. The minimum Gasteiger partial charge on any atom is -0.313 e. The van der Waals surface area contributed by atoms with Crippen LogP contribution in [0.1, 0.15) is 17.2 Å². The minimum atomic E-state index is -1.11. The Morgan fingerprint density at radius 3 is 1.90 bits per heavy atom. The van der Waals surface area contributed by atoms with Crippen LogP contribution in [0, 0.1) is 29.1 Å². The molecule has 2 aromatic carbocycles. The maximum absolute atomic E-state index is 13.7. The van der Waals surface area contributed by atoms with Gasteiger partial charge in [-0.05, 0) is 25.6 Å². The summed E-state index contributed by atoms with van der Waals surface area (Å²) < 4.78 is 67.6. The zero-order valence-corrected chi connectivity index (χ0v) is 11.1. The number of benzene rings is 2. The Hall–Kier alpha value is -1.95. The fourth-order valence-corrected chi connectivity index (χ4v) is 2.17. The van der Waals surface area contributed by atoms with Crippen molar-refractivity contribution < 1.29 is 22.0 Å². The third-order valence-corrected chi connectivity index (χ3v) is 3.21. The fraction of sp³-hybridized carbons (Fsp3) is 0.200. The normalized spacial score (nSPS) is 12.5. The Bertz CT molecular complexity index is 613. The van der Waals surface area contributed by atoms with Crippen LogP contribution in [0.5, 0.6) is 0 Å². The second kappa shape index (κ2) is 6.22. The van der Waals surface area contributed by atoms with Crippen molar-refractivity contribution in [3.8, 4) is 0 Å². The molecule has 0 saturated carbocycles. The van der Waals surface area contributed by atoms with Gasteiger partial charge in [-0.2, -0.15) is 0 Å². The Balaban J connectivity index is 2.42. The molecule has 2 aromatic rings. The molecule has 0 aliphatic rings. The van der Waals surface area contributed by atoms with Crippen molar-refractivity contribution >= 4 is 0 Å². The van der Waals surface area contributed by atoms with Crippen molar-refractivity contribution in [2.75, 3.05) is 7.05 Å². The molecule has 0 spiro atoms. The van der Waals surface area contributed by atoms with E-state index in [1.807, 2.05) is 0 Å². The number of rotatable bonds is 4. The summed E-state index contributed by atoms with van der Waals surface area (Å²) in [5.41, 5.74) is -0.749. The second-order valence-electron chi connectivity index (χ2n) is 4.53. The van der Waals surface area contributed by atoms with Gasteiger partial charge in [0.15, 0.2) is 0 Å². The highest BCUT2D eigenvalue weighted by Crippen LogP contribution is 2.26. The molecule has 0 radical (unpaired) electrons. The number of halogens is 5. The zero-order valence-electron chi connectivity index (χ0n) is 11.1. The zero-order chi connectivity index (χ0) is 15.6. The number of hydrogen-bond donors (Lipinski definition) is 1. The molecule has 1 N–H and O–H groups in total. The molecule has 0 saturated heterocycles. The van der Waals surface area contributed by atoms with Gasteiger partial charge in [0.25, 0.3) is 0 Å². The molecule has 0 aliphatic carbocycles. The van der Waals surface area contributed by atoms with Crippen LogP contribution in [0.15, 0.2) is 30.3 Å². The summed E-state index contributed by atoms with van der Waals surface area (Å²) in [4.78, 5) is 0. The van der Waals surface area contributed by atoms with Crippen LogP contribution in [0.3, 0.4) is 0 Å². The van der Waals surface area contributed by atoms with Crippen LogP contribution in [0.25, 0.3) is 0 Å². The van der Waals surface area contributed by atoms with Crippen LogP contribution in [0.4, 0.5) is 22.0 Å². The molecule has 0 aromatic heterocycles. The summed E-state index contributed by atoms with van der Waals surface area (Å²) in [7, 11) is 1.39. The summed E-state index contributed by atoms with van der Waals surface area (Å²) >= 11 is 0. The van der Waals surface area contributed by atoms with E-state index in [-0.39, 0.29) is 12.0 Å². The second-order valence-corrected chi connectivity index (χ2v) is 4.53. The number of hydrogen-bond acceptors (Lipinski definition) is 1. The van der Waals surface area contributed by atoms with Gasteiger partial charge in [-0.25, -0.2) is 22.0 Å². The molecule has 1 atom stereocenters. The van der Waals surface area contributed by atoms with E-state index in [0.29, 0.717) is 12.1 Å². The Morgan fingerprint density at radius 1 is 0.905 bits per heavy atom. The average molecular weight is 301 g/mol. The van der Waals surface area contributed by atoms with Gasteiger partial charge in [0.1, 0.15) is 29.1 Å². The predicted molar refractivity (Wildman–Crippen MR) is 68.2 cm³/mol. The molecular formula is C15H12F5N. The van der Waals surface area contributed by atoms with E-state index < -0.39 is 40.7 Å². The van der Waals surface area contributed by atoms with E-state index in [1.54, 1.807) is 0 Å². The van der Waals surface area contributed by atoms with E-state index in [1.165, 1.54) is 13.1 Å². The first kappa shape index (κ1) is 15.4. The van der Waals surface area contributed by atoms with Gasteiger partial charge in [0.2, 0.25) is 0 Å². The van der Waals surface area contributed by atoms with Gasteiger partial charge in [-0.15, -0.1) is 0 Å². The summed E-state index contributed by atoms with van der Waals surface area (Å²) in [5, 5.41) is 2.59. The third kappa shape index (κ3) is 3.21. The van der Waals surface area contributed by atoms with Crippen molar-refractivity contribution in [1.29, 1.82) is 0 Å². The lowest BCUT2D eigenvalue weighted by molar-refractivity contribution is 0.461. The first-order valence-electron chi connectivity index (χ1n) is 6.18. The van der Waals surface area contributed by atoms with E-state index in [0.717, 1.165) is 12.1 Å². The predicted octanol–water partition coefficient (Wildman–Crippen LogP) is 3.89. The van der Waals surface area contributed by atoms with Gasteiger partial charge in [-0.3, -0.25) is 0 Å². The maximum atomic E-state index is 13.7. The van der Waals surface area contributed by atoms with Crippen LogP contribution in [-0.4, -0.2) is 7.05 Å². The van der Waals surface area contributed by atoms with E-state index >= 15 is 0 Å². The largest absolute Gasteiger partial charge is 0.313 e. The van der Waals surface area contributed by atoms with Crippen LogP contribution >= 0.6 is 0 Å². The molecular weight excluding hydrogens is 289 g/mol. The van der Waals surface area contributed by atoms with Gasteiger partial charge in [0, 0.05) is 29.3 Å². The molecule has 0 aliphatic heterocycles. The Labute approximate surface area is 118 Å². The minimum absolute atomic E-state index is 0.292. The van der Waals surface area contributed by atoms with Crippen molar-refractivity contribution in [3.63, 3.8) is 0 Å².